The van der Waals surface area contributed by atoms with Gasteiger partial charge in [-0.15, -0.1) is 0 Å². The van der Waals surface area contributed by atoms with Crippen molar-refractivity contribution in [1.29, 1.82) is 0 Å². The molecule has 1 rings (SSSR count). The highest BCUT2D eigenvalue weighted by Gasteiger charge is 2.26. The summed E-state index contributed by atoms with van der Waals surface area (Å²) >= 11 is 18.8. The normalized spacial score (nSPS) is 11.6. The molecule has 0 saturated heterocycles. The molecule has 0 amide bonds. The highest BCUT2D eigenvalue weighted by atomic mass is 79.9. The fourth-order valence-electron chi connectivity index (χ4n) is 0.903. The largest absolute Gasteiger partial charge is 0.439 e. The lowest BCUT2D eigenvalue weighted by Crippen LogP contribution is -2.15. The summed E-state index contributed by atoms with van der Waals surface area (Å²) < 4.78 is 28.8. The van der Waals surface area contributed by atoms with E-state index in [4.69, 9.17) is 34.8 Å². The first kappa shape index (κ1) is 13.3. The fraction of sp³-hybridized carbons (Fsp3) is 0.250. The van der Waals surface area contributed by atoms with Crippen molar-refractivity contribution in [2.24, 2.45) is 0 Å². The zero-order valence-electron chi connectivity index (χ0n) is 7.04. The Balaban J connectivity index is 3.09. The summed E-state index contributed by atoms with van der Waals surface area (Å²) in [5.41, 5.74) is 0.418. The van der Waals surface area contributed by atoms with Crippen LogP contribution in [0.3, 0.4) is 0 Å². The maximum atomic E-state index is 13.3. The minimum atomic E-state index is -2.20. The van der Waals surface area contributed by atoms with E-state index in [2.05, 4.69) is 20.7 Å². The van der Waals surface area contributed by atoms with E-state index in [0.717, 1.165) is 12.1 Å². The Kier molecular flexibility index (Phi) is 4.47. The molecule has 0 unspecified atom stereocenters. The minimum absolute atomic E-state index is 0.314. The van der Waals surface area contributed by atoms with Gasteiger partial charge >= 0.3 is 3.98 Å². The molecule has 0 aliphatic rings. The Hall–Kier alpha value is 0.230. The van der Waals surface area contributed by atoms with Gasteiger partial charge in [-0.05, 0) is 52.5 Å². The second kappa shape index (κ2) is 5.04. The summed E-state index contributed by atoms with van der Waals surface area (Å²) in [6.07, 6.45) is 0. The van der Waals surface area contributed by atoms with Gasteiger partial charge in [0.2, 0.25) is 0 Å². The van der Waals surface area contributed by atoms with Gasteiger partial charge in [-0.1, -0.05) is 15.9 Å². The monoisotopic (exact) mass is 338 g/mol. The number of hydrogen-bond acceptors (Lipinski definition) is 1. The van der Waals surface area contributed by atoms with Crippen molar-refractivity contribution >= 4 is 50.7 Å². The van der Waals surface area contributed by atoms with Crippen molar-refractivity contribution in [2.45, 2.75) is 9.31 Å². The van der Waals surface area contributed by atoms with Crippen molar-refractivity contribution in [3.63, 3.8) is 0 Å². The second-order valence-electron chi connectivity index (χ2n) is 2.57. The lowest BCUT2D eigenvalue weighted by molar-refractivity contribution is 0.285. The molecule has 15 heavy (non-hydrogen) atoms. The van der Waals surface area contributed by atoms with Crippen LogP contribution in [0, 0.1) is 11.6 Å². The lowest BCUT2D eigenvalue weighted by Gasteiger charge is -2.15. The van der Waals surface area contributed by atoms with E-state index >= 15 is 0 Å². The molecule has 0 saturated carbocycles. The lowest BCUT2D eigenvalue weighted by atomic mass is 10.2. The van der Waals surface area contributed by atoms with Gasteiger partial charge in [-0.3, -0.25) is 0 Å². The molecule has 7 heteroatoms. The van der Waals surface area contributed by atoms with E-state index in [1.165, 1.54) is 0 Å². The predicted octanol–water partition coefficient (Wildman–Crippen LogP) is 4.57. The fourth-order valence-corrected chi connectivity index (χ4v) is 1.46. The number of ether oxygens (including phenoxy) is 1. The quantitative estimate of drug-likeness (QED) is 0.717. The average molecular weight is 340 g/mol. The molecule has 0 aliphatic carbocycles. The van der Waals surface area contributed by atoms with Crippen LogP contribution in [0.2, 0.25) is 0 Å². The van der Waals surface area contributed by atoms with Crippen molar-refractivity contribution in [3.05, 3.63) is 29.3 Å². The van der Waals surface area contributed by atoms with Gasteiger partial charge in [0.25, 0.3) is 0 Å². The molecule has 0 heterocycles. The van der Waals surface area contributed by atoms with Gasteiger partial charge in [0.1, 0.15) is 0 Å². The SMILES string of the molecule is Fc1cc(CBr)cc(F)c1OC(Cl)(Cl)Cl. The van der Waals surface area contributed by atoms with E-state index in [0.29, 0.717) is 10.9 Å². The zero-order chi connectivity index (χ0) is 11.6. The molecule has 0 aliphatic heterocycles. The molecule has 0 atom stereocenters. The van der Waals surface area contributed by atoms with E-state index in [1.54, 1.807) is 0 Å². The van der Waals surface area contributed by atoms with Crippen LogP contribution in [0.4, 0.5) is 8.78 Å². The summed E-state index contributed by atoms with van der Waals surface area (Å²) in [7, 11) is 0. The first-order chi connectivity index (χ1) is 6.83. The highest BCUT2D eigenvalue weighted by Crippen LogP contribution is 2.34. The van der Waals surface area contributed by atoms with Crippen LogP contribution in [-0.2, 0) is 5.33 Å². The molecule has 1 nitrogen and oxygen atoms in total. The number of hydrogen-bond donors (Lipinski definition) is 0. The Labute approximate surface area is 108 Å². The Morgan fingerprint density at radius 2 is 1.67 bits per heavy atom. The van der Waals surface area contributed by atoms with Crippen LogP contribution in [0.25, 0.3) is 0 Å². The van der Waals surface area contributed by atoms with Gasteiger partial charge in [-0.25, -0.2) is 8.78 Å². The minimum Gasteiger partial charge on any atom is -0.439 e. The van der Waals surface area contributed by atoms with Gasteiger partial charge in [0.05, 0.1) is 0 Å². The number of rotatable bonds is 2. The van der Waals surface area contributed by atoms with Gasteiger partial charge in [-0.2, -0.15) is 0 Å². The molecule has 1 aromatic carbocycles. The summed E-state index contributed by atoms with van der Waals surface area (Å²) in [6.45, 7) is 0. The molecule has 0 spiro atoms. The number of halogens is 6. The van der Waals surface area contributed by atoms with E-state index in [1.807, 2.05) is 0 Å². The van der Waals surface area contributed by atoms with Gasteiger partial charge in [0.15, 0.2) is 17.4 Å². The molecule has 1 aromatic rings. The third kappa shape index (κ3) is 3.94. The third-order valence-corrected chi connectivity index (χ3v) is 2.31. The third-order valence-electron chi connectivity index (χ3n) is 1.43. The predicted molar refractivity (Wildman–Crippen MR) is 59.9 cm³/mol. The molecular formula is C8H4BrCl3F2O. The summed E-state index contributed by atoms with van der Waals surface area (Å²) in [5.74, 6) is -2.55. The molecule has 0 fully saturated rings. The van der Waals surface area contributed by atoms with E-state index in [9.17, 15) is 8.78 Å². The van der Waals surface area contributed by atoms with Crippen molar-refractivity contribution in [1.82, 2.24) is 0 Å². The van der Waals surface area contributed by atoms with Crippen LogP contribution in [0.5, 0.6) is 5.75 Å². The Bertz CT molecular complexity index is 344. The molecular weight excluding hydrogens is 336 g/mol. The summed E-state index contributed by atoms with van der Waals surface area (Å²) in [6, 6.07) is 2.17. The number of benzene rings is 1. The molecule has 84 valence electrons. The van der Waals surface area contributed by atoms with Crippen LogP contribution in [-0.4, -0.2) is 3.98 Å². The first-order valence-corrected chi connectivity index (χ1v) is 5.88. The summed E-state index contributed by atoms with van der Waals surface area (Å²) in [5, 5.41) is 0.314. The maximum absolute atomic E-state index is 13.3. The van der Waals surface area contributed by atoms with Gasteiger partial charge in [0, 0.05) is 5.33 Å². The maximum Gasteiger partial charge on any atom is 0.338 e. The van der Waals surface area contributed by atoms with E-state index < -0.39 is 21.4 Å². The van der Waals surface area contributed by atoms with Crippen LogP contribution >= 0.6 is 50.7 Å². The van der Waals surface area contributed by atoms with Crippen LogP contribution < -0.4 is 4.74 Å². The topological polar surface area (TPSA) is 9.23 Å². The van der Waals surface area contributed by atoms with Crippen molar-refractivity contribution in [2.75, 3.05) is 0 Å². The van der Waals surface area contributed by atoms with Crippen LogP contribution in [0.15, 0.2) is 12.1 Å². The molecule has 0 aromatic heterocycles. The van der Waals surface area contributed by atoms with E-state index in [-0.39, 0.29) is 0 Å². The van der Waals surface area contributed by atoms with Gasteiger partial charge < -0.3 is 4.74 Å². The molecule has 0 N–H and O–H groups in total. The van der Waals surface area contributed by atoms with Crippen molar-refractivity contribution < 1.29 is 13.5 Å². The Morgan fingerprint density at radius 3 is 2.00 bits per heavy atom. The summed E-state index contributed by atoms with van der Waals surface area (Å²) in [4.78, 5) is 0. The molecule has 0 radical (unpaired) electrons. The highest BCUT2D eigenvalue weighted by molar-refractivity contribution is 9.08. The molecule has 0 bridgehead atoms. The zero-order valence-corrected chi connectivity index (χ0v) is 10.9. The number of alkyl halides is 4. The average Bonchev–Trinajstić information content (AvgIpc) is 2.09. The first-order valence-electron chi connectivity index (χ1n) is 3.63. The van der Waals surface area contributed by atoms with Crippen molar-refractivity contribution in [3.8, 4) is 5.75 Å². The second-order valence-corrected chi connectivity index (χ2v) is 5.31. The standard InChI is InChI=1S/C8H4BrCl3F2O/c9-3-4-1-5(13)7(6(14)2-4)15-8(10,11)12/h1-2H,3H2. The smallest absolute Gasteiger partial charge is 0.338 e. The Morgan fingerprint density at radius 1 is 1.20 bits per heavy atom. The van der Waals surface area contributed by atoms with Crippen LogP contribution in [0.1, 0.15) is 5.56 Å².